The van der Waals surface area contributed by atoms with Crippen molar-refractivity contribution in [2.45, 2.75) is 6.54 Å². The van der Waals surface area contributed by atoms with Crippen LogP contribution in [-0.2, 0) is 6.54 Å². The number of benzene rings is 3. The minimum Gasteiger partial charge on any atom is -0.478 e. The molecule has 4 aromatic rings. The standard InChI is InChI=1S/C25H16BrFN4O2/c26-16-7-10-18-20(11-16)22-15(12-28-23(18)19-3-1-2-4-21(19)27)13-29-25(31-22)30-17-8-5-14(6-9-17)24(32)33/h1-11,13H,12H2,(H,32,33)(H,29,30,31). The molecule has 2 heterocycles. The predicted octanol–water partition coefficient (Wildman–Crippen LogP) is 5.84. The topological polar surface area (TPSA) is 87.5 Å². The van der Waals surface area contributed by atoms with E-state index in [-0.39, 0.29) is 11.4 Å². The first kappa shape index (κ1) is 21.0. The van der Waals surface area contributed by atoms with Crippen molar-refractivity contribution in [3.8, 4) is 11.3 Å². The van der Waals surface area contributed by atoms with Crippen LogP contribution < -0.4 is 5.32 Å². The highest BCUT2D eigenvalue weighted by Gasteiger charge is 2.23. The molecular formula is C25H16BrFN4O2. The van der Waals surface area contributed by atoms with Crippen LogP contribution in [0.15, 0.2) is 82.4 Å². The van der Waals surface area contributed by atoms with Crippen molar-refractivity contribution < 1.29 is 14.3 Å². The number of aromatic nitrogens is 2. The highest BCUT2D eigenvalue weighted by molar-refractivity contribution is 9.10. The molecule has 0 radical (unpaired) electrons. The van der Waals surface area contributed by atoms with Gasteiger partial charge in [0.1, 0.15) is 5.82 Å². The first-order valence-corrected chi connectivity index (χ1v) is 10.8. The fourth-order valence-electron chi connectivity index (χ4n) is 3.69. The molecule has 0 saturated heterocycles. The molecule has 1 aliphatic rings. The molecule has 0 unspecified atom stereocenters. The Morgan fingerprint density at radius 3 is 2.55 bits per heavy atom. The number of carbonyl (C=O) groups is 1. The molecule has 33 heavy (non-hydrogen) atoms. The third kappa shape index (κ3) is 4.12. The first-order chi connectivity index (χ1) is 16.0. The molecule has 8 heteroatoms. The maximum absolute atomic E-state index is 14.6. The lowest BCUT2D eigenvalue weighted by Gasteiger charge is -2.13. The molecule has 3 aromatic carbocycles. The van der Waals surface area contributed by atoms with Crippen molar-refractivity contribution in [2.75, 3.05) is 5.32 Å². The summed E-state index contributed by atoms with van der Waals surface area (Å²) < 4.78 is 15.5. The summed E-state index contributed by atoms with van der Waals surface area (Å²) in [5.74, 6) is -0.970. The highest BCUT2D eigenvalue weighted by atomic mass is 79.9. The molecule has 5 rings (SSSR count). The zero-order chi connectivity index (χ0) is 22.9. The monoisotopic (exact) mass is 502 g/mol. The summed E-state index contributed by atoms with van der Waals surface area (Å²) in [4.78, 5) is 24.9. The van der Waals surface area contributed by atoms with Crippen LogP contribution in [0, 0.1) is 5.82 Å². The summed E-state index contributed by atoms with van der Waals surface area (Å²) >= 11 is 3.53. The smallest absolute Gasteiger partial charge is 0.335 e. The van der Waals surface area contributed by atoms with Crippen molar-refractivity contribution in [1.82, 2.24) is 9.97 Å². The van der Waals surface area contributed by atoms with Gasteiger partial charge in [0, 0.05) is 38.6 Å². The molecule has 0 bridgehead atoms. The number of carboxylic acid groups (broad SMARTS) is 1. The summed E-state index contributed by atoms with van der Waals surface area (Å²) in [6.07, 6.45) is 1.70. The maximum Gasteiger partial charge on any atom is 0.335 e. The number of rotatable bonds is 4. The Balaban J connectivity index is 1.58. The van der Waals surface area contributed by atoms with E-state index in [1.54, 1.807) is 36.5 Å². The van der Waals surface area contributed by atoms with Gasteiger partial charge in [0.2, 0.25) is 5.95 Å². The number of carboxylic acids is 1. The molecule has 0 spiro atoms. The van der Waals surface area contributed by atoms with E-state index < -0.39 is 5.97 Å². The molecule has 0 atom stereocenters. The lowest BCUT2D eigenvalue weighted by atomic mass is 9.95. The molecule has 162 valence electrons. The molecule has 0 fully saturated rings. The summed E-state index contributed by atoms with van der Waals surface area (Å²) in [6, 6.07) is 18.6. The quantitative estimate of drug-likeness (QED) is 0.366. The summed E-state index contributed by atoms with van der Waals surface area (Å²) in [6.45, 7) is 0.304. The van der Waals surface area contributed by atoms with E-state index in [0.717, 1.165) is 21.2 Å². The third-order valence-corrected chi connectivity index (χ3v) is 5.77. The van der Waals surface area contributed by atoms with Crippen LogP contribution in [0.5, 0.6) is 0 Å². The lowest BCUT2D eigenvalue weighted by molar-refractivity contribution is 0.0697. The highest BCUT2D eigenvalue weighted by Crippen LogP contribution is 2.34. The Bertz CT molecular complexity index is 1420. The zero-order valence-corrected chi connectivity index (χ0v) is 18.7. The number of fused-ring (bicyclic) bond motifs is 3. The first-order valence-electron chi connectivity index (χ1n) is 10.1. The fourth-order valence-corrected chi connectivity index (χ4v) is 4.05. The van der Waals surface area contributed by atoms with Crippen molar-refractivity contribution in [3.05, 3.63) is 105 Å². The van der Waals surface area contributed by atoms with E-state index in [9.17, 15) is 9.18 Å². The Kier molecular flexibility index (Phi) is 5.43. The van der Waals surface area contributed by atoms with Crippen molar-refractivity contribution in [3.63, 3.8) is 0 Å². The van der Waals surface area contributed by atoms with E-state index in [1.807, 2.05) is 18.2 Å². The second-order valence-corrected chi connectivity index (χ2v) is 8.33. The van der Waals surface area contributed by atoms with Crippen LogP contribution >= 0.6 is 15.9 Å². The minimum atomic E-state index is -0.990. The van der Waals surface area contributed by atoms with Gasteiger partial charge in [0.25, 0.3) is 0 Å². The minimum absolute atomic E-state index is 0.194. The lowest BCUT2D eigenvalue weighted by Crippen LogP contribution is -2.07. The van der Waals surface area contributed by atoms with Gasteiger partial charge in [-0.1, -0.05) is 34.1 Å². The number of aromatic carboxylic acids is 1. The molecule has 0 saturated carbocycles. The Labute approximate surface area is 197 Å². The van der Waals surface area contributed by atoms with E-state index >= 15 is 0 Å². The van der Waals surface area contributed by atoms with Crippen molar-refractivity contribution >= 4 is 39.2 Å². The summed E-state index contributed by atoms with van der Waals surface area (Å²) in [5, 5.41) is 12.2. The molecule has 1 aromatic heterocycles. The summed E-state index contributed by atoms with van der Waals surface area (Å²) in [7, 11) is 0. The average Bonchev–Trinajstić information content (AvgIpc) is 2.96. The molecule has 2 N–H and O–H groups in total. The van der Waals surface area contributed by atoms with E-state index in [4.69, 9.17) is 15.1 Å². The number of nitrogens with one attached hydrogen (secondary N) is 1. The number of hydrogen-bond donors (Lipinski definition) is 2. The van der Waals surface area contributed by atoms with Gasteiger partial charge in [-0.2, -0.15) is 0 Å². The molecule has 0 aliphatic carbocycles. The number of nitrogens with zero attached hydrogens (tertiary/aromatic N) is 3. The van der Waals surface area contributed by atoms with Crippen LogP contribution in [-0.4, -0.2) is 26.8 Å². The van der Waals surface area contributed by atoms with E-state index in [0.29, 0.717) is 35.1 Å². The number of hydrogen-bond acceptors (Lipinski definition) is 5. The SMILES string of the molecule is O=C(O)c1ccc(Nc2ncc3c(n2)-c2cc(Br)ccc2C(c2ccccc2F)=NC3)cc1. The van der Waals surface area contributed by atoms with E-state index in [1.165, 1.54) is 18.2 Å². The second-order valence-electron chi connectivity index (χ2n) is 7.41. The van der Waals surface area contributed by atoms with Crippen LogP contribution in [0.4, 0.5) is 16.0 Å². The van der Waals surface area contributed by atoms with Gasteiger partial charge in [0.15, 0.2) is 0 Å². The van der Waals surface area contributed by atoms with Gasteiger partial charge in [-0.05, 0) is 48.5 Å². The Morgan fingerprint density at radius 2 is 1.79 bits per heavy atom. The maximum atomic E-state index is 14.6. The number of anilines is 2. The van der Waals surface area contributed by atoms with Gasteiger partial charge < -0.3 is 10.4 Å². The number of halogens is 2. The van der Waals surface area contributed by atoms with Crippen molar-refractivity contribution in [1.29, 1.82) is 0 Å². The van der Waals surface area contributed by atoms with Crippen LogP contribution in [0.25, 0.3) is 11.3 Å². The predicted molar refractivity (Wildman–Crippen MR) is 128 cm³/mol. The summed E-state index contributed by atoms with van der Waals surface area (Å²) in [5.41, 5.74) is 4.94. The van der Waals surface area contributed by atoms with Crippen LogP contribution in [0.3, 0.4) is 0 Å². The van der Waals surface area contributed by atoms with Crippen LogP contribution in [0.1, 0.15) is 27.0 Å². The van der Waals surface area contributed by atoms with Gasteiger partial charge in [0.05, 0.1) is 23.5 Å². The van der Waals surface area contributed by atoms with Crippen molar-refractivity contribution in [2.24, 2.45) is 4.99 Å². The van der Waals surface area contributed by atoms with Gasteiger partial charge >= 0.3 is 5.97 Å². The fraction of sp³-hybridized carbons (Fsp3) is 0.0400. The van der Waals surface area contributed by atoms with Crippen LogP contribution in [0.2, 0.25) is 0 Å². The molecular weight excluding hydrogens is 487 g/mol. The van der Waals surface area contributed by atoms with Gasteiger partial charge in [-0.15, -0.1) is 0 Å². The molecule has 6 nitrogen and oxygen atoms in total. The number of aliphatic imine (C=N–C) groups is 1. The molecule has 1 aliphatic heterocycles. The Morgan fingerprint density at radius 1 is 1.00 bits per heavy atom. The normalized spacial score (nSPS) is 12.2. The Hall–Kier alpha value is -3.91. The third-order valence-electron chi connectivity index (χ3n) is 5.28. The zero-order valence-electron chi connectivity index (χ0n) is 17.1. The molecule has 0 amide bonds. The second kappa shape index (κ2) is 8.55. The van der Waals surface area contributed by atoms with Gasteiger partial charge in [-0.25, -0.2) is 19.2 Å². The van der Waals surface area contributed by atoms with E-state index in [2.05, 4.69) is 26.2 Å². The largest absolute Gasteiger partial charge is 0.478 e. The van der Waals surface area contributed by atoms with Gasteiger partial charge in [-0.3, -0.25) is 4.99 Å². The average molecular weight is 503 g/mol.